The minimum absolute atomic E-state index is 0.708. The third-order valence-corrected chi connectivity index (χ3v) is 2.26. The van der Waals surface area contributed by atoms with Gasteiger partial charge in [0.1, 0.15) is 0 Å². The van der Waals surface area contributed by atoms with E-state index in [4.69, 9.17) is 11.1 Å². The smallest absolute Gasteiger partial charge is 0.00746 e. The van der Waals surface area contributed by atoms with Crippen molar-refractivity contribution in [1.29, 1.82) is 5.41 Å². The lowest BCUT2D eigenvalue weighted by Gasteiger charge is -2.05. The Bertz CT molecular complexity index is 176. The van der Waals surface area contributed by atoms with Gasteiger partial charge in [0.2, 0.25) is 0 Å². The van der Waals surface area contributed by atoms with Crippen LogP contribution in [0.5, 0.6) is 0 Å². The Labute approximate surface area is 93.6 Å². The third-order valence-electron chi connectivity index (χ3n) is 2.26. The summed E-state index contributed by atoms with van der Waals surface area (Å²) in [6.07, 6.45) is 9.18. The first-order valence-electron chi connectivity index (χ1n) is 5.92. The second kappa shape index (κ2) is 11.4. The average molecular weight is 211 g/mol. The van der Waals surface area contributed by atoms with Gasteiger partial charge in [0.05, 0.1) is 0 Å². The van der Waals surface area contributed by atoms with E-state index < -0.39 is 0 Å². The summed E-state index contributed by atoms with van der Waals surface area (Å²) in [6, 6.07) is 0. The third kappa shape index (κ3) is 9.63. The SMILES string of the molecule is CCC/C(=C/CCNCCN)CCC=N. The van der Waals surface area contributed by atoms with E-state index in [1.54, 1.807) is 0 Å². The lowest BCUT2D eigenvalue weighted by atomic mass is 10.0. The Kier molecular flexibility index (Phi) is 10.9. The molecule has 0 aromatic carbocycles. The molecule has 0 aliphatic carbocycles. The van der Waals surface area contributed by atoms with Crippen LogP contribution in [0.1, 0.15) is 39.0 Å². The van der Waals surface area contributed by atoms with E-state index in [0.29, 0.717) is 6.54 Å². The van der Waals surface area contributed by atoms with Gasteiger partial charge < -0.3 is 16.5 Å². The molecule has 88 valence electrons. The van der Waals surface area contributed by atoms with Gasteiger partial charge in [0, 0.05) is 13.1 Å². The highest BCUT2D eigenvalue weighted by atomic mass is 14.9. The van der Waals surface area contributed by atoms with Gasteiger partial charge in [-0.3, -0.25) is 0 Å². The van der Waals surface area contributed by atoms with Crippen molar-refractivity contribution in [3.8, 4) is 0 Å². The highest BCUT2D eigenvalue weighted by molar-refractivity contribution is 5.53. The van der Waals surface area contributed by atoms with E-state index in [0.717, 1.165) is 32.4 Å². The molecule has 0 aliphatic heterocycles. The maximum atomic E-state index is 7.02. The highest BCUT2D eigenvalue weighted by Gasteiger charge is 1.95. The van der Waals surface area contributed by atoms with Crippen LogP contribution in [0.3, 0.4) is 0 Å². The first-order valence-corrected chi connectivity index (χ1v) is 5.92. The Morgan fingerprint density at radius 3 is 2.67 bits per heavy atom. The van der Waals surface area contributed by atoms with E-state index in [1.807, 2.05) is 0 Å². The number of hydrogen-bond donors (Lipinski definition) is 3. The second-order valence-corrected chi connectivity index (χ2v) is 3.68. The van der Waals surface area contributed by atoms with Crippen LogP contribution in [-0.2, 0) is 0 Å². The van der Waals surface area contributed by atoms with Gasteiger partial charge in [-0.1, -0.05) is 25.0 Å². The highest BCUT2D eigenvalue weighted by Crippen LogP contribution is 2.11. The molecule has 3 nitrogen and oxygen atoms in total. The molecule has 0 atom stereocenters. The van der Waals surface area contributed by atoms with Crippen LogP contribution in [0.25, 0.3) is 0 Å². The van der Waals surface area contributed by atoms with Gasteiger partial charge in [-0.2, -0.15) is 0 Å². The van der Waals surface area contributed by atoms with Crippen LogP contribution < -0.4 is 11.1 Å². The van der Waals surface area contributed by atoms with Gasteiger partial charge in [-0.15, -0.1) is 0 Å². The van der Waals surface area contributed by atoms with Crippen LogP contribution in [-0.4, -0.2) is 25.8 Å². The monoisotopic (exact) mass is 211 g/mol. The van der Waals surface area contributed by atoms with Crippen LogP contribution in [0, 0.1) is 5.41 Å². The van der Waals surface area contributed by atoms with E-state index >= 15 is 0 Å². The number of nitrogens with one attached hydrogen (secondary N) is 2. The van der Waals surface area contributed by atoms with Gasteiger partial charge in [0.25, 0.3) is 0 Å². The first kappa shape index (κ1) is 14.3. The zero-order valence-corrected chi connectivity index (χ0v) is 9.89. The van der Waals surface area contributed by atoms with Crippen molar-refractivity contribution in [1.82, 2.24) is 5.32 Å². The standard InChI is InChI=1S/C12H25N3/c1-2-5-12(6-3-8-13)7-4-10-15-11-9-14/h7-8,13,15H,2-6,9-11,14H2,1H3/b12-7-,13-8?. The van der Waals surface area contributed by atoms with Crippen molar-refractivity contribution < 1.29 is 0 Å². The quantitative estimate of drug-likeness (QED) is 0.294. The molecule has 4 N–H and O–H groups in total. The number of allylic oxidation sites excluding steroid dienone is 1. The summed E-state index contributed by atoms with van der Waals surface area (Å²) in [4.78, 5) is 0. The van der Waals surface area contributed by atoms with E-state index in [9.17, 15) is 0 Å². The fourth-order valence-electron chi connectivity index (χ4n) is 1.51. The molecule has 0 aromatic rings. The normalized spacial score (nSPS) is 11.7. The Hall–Kier alpha value is -0.670. The largest absolute Gasteiger partial charge is 0.329 e. The Balaban J connectivity index is 3.67. The molecule has 0 unspecified atom stereocenters. The second-order valence-electron chi connectivity index (χ2n) is 3.68. The molecule has 3 heteroatoms. The summed E-state index contributed by atoms with van der Waals surface area (Å²) in [6.45, 7) is 4.82. The van der Waals surface area contributed by atoms with E-state index in [2.05, 4.69) is 18.3 Å². The fraction of sp³-hybridized carbons (Fsp3) is 0.750. The molecule has 15 heavy (non-hydrogen) atoms. The number of hydrogen-bond acceptors (Lipinski definition) is 3. The summed E-state index contributed by atoms with van der Waals surface area (Å²) >= 11 is 0. The van der Waals surface area contributed by atoms with Crippen molar-refractivity contribution in [2.24, 2.45) is 5.73 Å². The summed E-state index contributed by atoms with van der Waals surface area (Å²) in [5.74, 6) is 0. The molecule has 0 amide bonds. The van der Waals surface area contributed by atoms with Gasteiger partial charge in [0.15, 0.2) is 0 Å². The molecule has 0 aromatic heterocycles. The predicted molar refractivity (Wildman–Crippen MR) is 67.5 cm³/mol. The van der Waals surface area contributed by atoms with Crippen LogP contribution in [0.4, 0.5) is 0 Å². The molecule has 0 fully saturated rings. The van der Waals surface area contributed by atoms with Crippen molar-refractivity contribution in [2.75, 3.05) is 19.6 Å². The molecule has 0 bridgehead atoms. The van der Waals surface area contributed by atoms with E-state index in [1.165, 1.54) is 24.6 Å². The lowest BCUT2D eigenvalue weighted by molar-refractivity contribution is 0.692. The van der Waals surface area contributed by atoms with Crippen LogP contribution in [0.2, 0.25) is 0 Å². The number of rotatable bonds is 10. The molecule has 0 heterocycles. The molecule has 0 spiro atoms. The molecule has 0 aliphatic rings. The lowest BCUT2D eigenvalue weighted by Crippen LogP contribution is -2.23. The zero-order valence-electron chi connectivity index (χ0n) is 9.89. The van der Waals surface area contributed by atoms with Crippen LogP contribution in [0.15, 0.2) is 11.6 Å². The summed E-state index contributed by atoms with van der Waals surface area (Å²) < 4.78 is 0. The predicted octanol–water partition coefficient (Wildman–Crippen LogP) is 2.08. The van der Waals surface area contributed by atoms with Crippen molar-refractivity contribution >= 4 is 6.21 Å². The first-order chi connectivity index (χ1) is 7.35. The molecule has 0 saturated heterocycles. The minimum Gasteiger partial charge on any atom is -0.329 e. The Morgan fingerprint density at radius 1 is 1.27 bits per heavy atom. The van der Waals surface area contributed by atoms with Gasteiger partial charge in [-0.25, -0.2) is 0 Å². The number of nitrogens with two attached hydrogens (primary N) is 1. The zero-order chi connectivity index (χ0) is 11.4. The topological polar surface area (TPSA) is 61.9 Å². The van der Waals surface area contributed by atoms with Crippen molar-refractivity contribution in [3.05, 3.63) is 11.6 Å². The van der Waals surface area contributed by atoms with Crippen molar-refractivity contribution in [2.45, 2.75) is 39.0 Å². The van der Waals surface area contributed by atoms with E-state index in [-0.39, 0.29) is 0 Å². The molecule has 0 radical (unpaired) electrons. The summed E-state index contributed by atoms with van der Waals surface area (Å²) in [7, 11) is 0. The maximum absolute atomic E-state index is 7.02. The van der Waals surface area contributed by atoms with Gasteiger partial charge in [-0.05, 0) is 38.4 Å². The Morgan fingerprint density at radius 2 is 2.07 bits per heavy atom. The van der Waals surface area contributed by atoms with Crippen molar-refractivity contribution in [3.63, 3.8) is 0 Å². The molecule has 0 rings (SSSR count). The minimum atomic E-state index is 0.708. The molecular weight excluding hydrogens is 186 g/mol. The average Bonchev–Trinajstić information content (AvgIpc) is 2.25. The fourth-order valence-corrected chi connectivity index (χ4v) is 1.51. The maximum Gasteiger partial charge on any atom is 0.00746 e. The molecular formula is C12H25N3. The molecule has 0 saturated carbocycles. The summed E-state index contributed by atoms with van der Waals surface area (Å²) in [5, 5.41) is 10.3. The van der Waals surface area contributed by atoms with Gasteiger partial charge >= 0.3 is 0 Å². The van der Waals surface area contributed by atoms with Crippen LogP contribution >= 0.6 is 0 Å². The summed E-state index contributed by atoms with van der Waals surface area (Å²) in [5.41, 5.74) is 6.88.